The summed E-state index contributed by atoms with van der Waals surface area (Å²) >= 11 is 6.26. The van der Waals surface area contributed by atoms with Gasteiger partial charge >= 0.3 is 0 Å². The molecule has 4 nitrogen and oxygen atoms in total. The molecule has 0 bridgehead atoms. The minimum Gasteiger partial charge on any atom is -0.455 e. The number of allylic oxidation sites excluding steroid dienone is 1. The molecule has 0 aliphatic heterocycles. The van der Waals surface area contributed by atoms with Crippen LogP contribution in [0.15, 0.2) is 47.4 Å². The summed E-state index contributed by atoms with van der Waals surface area (Å²) in [5.74, 6) is 0.723. The topological polar surface area (TPSA) is 51.5 Å². The summed E-state index contributed by atoms with van der Waals surface area (Å²) < 4.78 is 21.8. The minimum atomic E-state index is -1.09. The van der Waals surface area contributed by atoms with Gasteiger partial charge in [-0.05, 0) is 81.1 Å². The molecule has 0 saturated carbocycles. The SMILES string of the molecule is Cc1cc(F)cc(C)c1Oc1ccc(C(C)(C)O)cc1-n1cc(Cl)c(=O)c2c1C=CC2. The van der Waals surface area contributed by atoms with Crippen molar-refractivity contribution in [2.24, 2.45) is 0 Å². The van der Waals surface area contributed by atoms with E-state index >= 15 is 0 Å². The van der Waals surface area contributed by atoms with E-state index in [0.29, 0.717) is 45.9 Å². The Morgan fingerprint density at radius 2 is 1.84 bits per heavy atom. The molecule has 1 N–H and O–H groups in total. The number of ether oxygens (including phenoxy) is 1. The summed E-state index contributed by atoms with van der Waals surface area (Å²) in [6.45, 7) is 6.97. The zero-order chi connectivity index (χ0) is 22.5. The van der Waals surface area contributed by atoms with E-state index in [1.54, 1.807) is 50.6 Å². The number of halogens is 2. The summed E-state index contributed by atoms with van der Waals surface area (Å²) in [4.78, 5) is 12.5. The molecule has 0 atom stereocenters. The van der Waals surface area contributed by atoms with E-state index in [1.807, 2.05) is 18.2 Å². The van der Waals surface area contributed by atoms with Crippen LogP contribution in [0.1, 0.15) is 41.8 Å². The fourth-order valence-electron chi connectivity index (χ4n) is 3.85. The smallest absolute Gasteiger partial charge is 0.204 e. The Morgan fingerprint density at radius 3 is 2.48 bits per heavy atom. The Kier molecular flexibility index (Phi) is 5.28. The first-order valence-corrected chi connectivity index (χ1v) is 10.4. The van der Waals surface area contributed by atoms with Gasteiger partial charge in [0.15, 0.2) is 5.75 Å². The van der Waals surface area contributed by atoms with E-state index in [9.17, 15) is 14.3 Å². The molecule has 160 valence electrons. The number of benzene rings is 2. The highest BCUT2D eigenvalue weighted by Crippen LogP contribution is 2.37. The number of pyridine rings is 1. The average molecular weight is 440 g/mol. The monoisotopic (exact) mass is 439 g/mol. The number of aromatic nitrogens is 1. The maximum absolute atomic E-state index is 13.8. The van der Waals surface area contributed by atoms with Crippen molar-refractivity contribution in [2.75, 3.05) is 0 Å². The van der Waals surface area contributed by atoms with Crippen LogP contribution in [0.4, 0.5) is 4.39 Å². The Labute approximate surface area is 185 Å². The van der Waals surface area contributed by atoms with Gasteiger partial charge in [0, 0.05) is 11.8 Å². The van der Waals surface area contributed by atoms with Crippen LogP contribution in [-0.2, 0) is 12.0 Å². The zero-order valence-electron chi connectivity index (χ0n) is 17.8. The number of hydrogen-bond acceptors (Lipinski definition) is 3. The van der Waals surface area contributed by atoms with Gasteiger partial charge in [-0.15, -0.1) is 0 Å². The maximum atomic E-state index is 13.8. The highest BCUT2D eigenvalue weighted by atomic mass is 35.5. The molecule has 2 aromatic carbocycles. The van der Waals surface area contributed by atoms with Crippen LogP contribution in [0.3, 0.4) is 0 Å². The number of fused-ring (bicyclic) bond motifs is 1. The van der Waals surface area contributed by atoms with Crippen LogP contribution in [0.5, 0.6) is 11.5 Å². The molecule has 0 radical (unpaired) electrons. The van der Waals surface area contributed by atoms with E-state index in [1.165, 1.54) is 12.1 Å². The number of rotatable bonds is 4. The average Bonchev–Trinajstić information content (AvgIpc) is 3.17. The Morgan fingerprint density at radius 1 is 1.16 bits per heavy atom. The molecule has 0 spiro atoms. The van der Waals surface area contributed by atoms with E-state index < -0.39 is 5.60 Å². The Bertz CT molecular complexity index is 1260. The molecule has 0 saturated heterocycles. The largest absolute Gasteiger partial charge is 0.455 e. The van der Waals surface area contributed by atoms with Gasteiger partial charge in [0.25, 0.3) is 0 Å². The summed E-state index contributed by atoms with van der Waals surface area (Å²) in [6.07, 6.45) is 5.86. The Balaban J connectivity index is 1.96. The van der Waals surface area contributed by atoms with Crippen molar-refractivity contribution in [2.45, 2.75) is 39.7 Å². The first-order valence-electron chi connectivity index (χ1n) is 9.98. The third kappa shape index (κ3) is 3.91. The lowest BCUT2D eigenvalue weighted by molar-refractivity contribution is 0.0785. The molecule has 1 aliphatic rings. The summed E-state index contributed by atoms with van der Waals surface area (Å²) in [5, 5.41) is 10.7. The second kappa shape index (κ2) is 7.66. The lowest BCUT2D eigenvalue weighted by Gasteiger charge is -2.23. The van der Waals surface area contributed by atoms with Gasteiger partial charge in [-0.25, -0.2) is 4.39 Å². The highest BCUT2D eigenvalue weighted by molar-refractivity contribution is 6.30. The van der Waals surface area contributed by atoms with Gasteiger partial charge in [0.2, 0.25) is 5.43 Å². The van der Waals surface area contributed by atoms with Crippen molar-refractivity contribution in [1.29, 1.82) is 0 Å². The molecule has 0 fully saturated rings. The van der Waals surface area contributed by atoms with E-state index in [4.69, 9.17) is 16.3 Å². The molecular weight excluding hydrogens is 417 g/mol. The third-order valence-corrected chi connectivity index (χ3v) is 5.73. The molecule has 4 rings (SSSR count). The van der Waals surface area contributed by atoms with E-state index in [-0.39, 0.29) is 16.3 Å². The van der Waals surface area contributed by atoms with Crippen LogP contribution in [0.2, 0.25) is 5.02 Å². The minimum absolute atomic E-state index is 0.108. The number of aliphatic hydroxyl groups is 1. The van der Waals surface area contributed by atoms with Gasteiger partial charge in [0.1, 0.15) is 16.6 Å². The fraction of sp³-hybridized carbons (Fsp3) is 0.240. The first kappa shape index (κ1) is 21.3. The highest BCUT2D eigenvalue weighted by Gasteiger charge is 2.23. The summed E-state index contributed by atoms with van der Waals surface area (Å²) in [6, 6.07) is 8.21. The van der Waals surface area contributed by atoms with Gasteiger partial charge in [-0.1, -0.05) is 23.7 Å². The first-order chi connectivity index (χ1) is 14.6. The normalized spacial score (nSPS) is 12.9. The van der Waals surface area contributed by atoms with Crippen molar-refractivity contribution in [3.05, 3.63) is 91.6 Å². The molecule has 0 unspecified atom stereocenters. The summed E-state index contributed by atoms with van der Waals surface area (Å²) in [7, 11) is 0. The zero-order valence-corrected chi connectivity index (χ0v) is 18.5. The molecule has 6 heteroatoms. The molecule has 3 aromatic rings. The molecule has 1 aliphatic carbocycles. The standard InChI is InChI=1S/C25H23ClFNO3/c1-14-10-17(27)11-15(2)24(14)31-22-9-8-16(25(3,4)30)12-21(22)28-13-19(26)23(29)18-6-5-7-20(18)28/h5,7-13,30H,6H2,1-4H3. The lowest BCUT2D eigenvalue weighted by Crippen LogP contribution is -2.18. The molecule has 31 heavy (non-hydrogen) atoms. The number of nitrogens with zero attached hydrogens (tertiary/aromatic N) is 1. The molecule has 1 heterocycles. The fourth-order valence-corrected chi connectivity index (χ4v) is 4.07. The lowest BCUT2D eigenvalue weighted by atomic mass is 9.97. The van der Waals surface area contributed by atoms with Crippen LogP contribution in [-0.4, -0.2) is 9.67 Å². The maximum Gasteiger partial charge on any atom is 0.204 e. The van der Waals surface area contributed by atoms with Crippen molar-refractivity contribution in [3.8, 4) is 17.2 Å². The third-order valence-electron chi connectivity index (χ3n) is 5.46. The number of hydrogen-bond donors (Lipinski definition) is 1. The van der Waals surface area contributed by atoms with E-state index in [0.717, 1.165) is 5.69 Å². The van der Waals surface area contributed by atoms with Crippen LogP contribution in [0.25, 0.3) is 11.8 Å². The van der Waals surface area contributed by atoms with Gasteiger partial charge in [-0.3, -0.25) is 4.79 Å². The van der Waals surface area contributed by atoms with Crippen molar-refractivity contribution < 1.29 is 14.2 Å². The second-order valence-corrected chi connectivity index (χ2v) is 8.77. The molecule has 0 amide bonds. The molecule has 1 aromatic heterocycles. The van der Waals surface area contributed by atoms with E-state index in [2.05, 4.69) is 0 Å². The predicted octanol–water partition coefficient (Wildman–Crippen LogP) is 5.84. The van der Waals surface area contributed by atoms with Crippen LogP contribution in [0, 0.1) is 19.7 Å². The summed E-state index contributed by atoms with van der Waals surface area (Å²) in [5.41, 5.74) is 2.68. The Hall–Kier alpha value is -2.89. The van der Waals surface area contributed by atoms with Gasteiger partial charge in [0.05, 0.1) is 17.0 Å². The van der Waals surface area contributed by atoms with Gasteiger partial charge in [-0.2, -0.15) is 0 Å². The van der Waals surface area contributed by atoms with Crippen LogP contribution < -0.4 is 10.2 Å². The van der Waals surface area contributed by atoms with Crippen LogP contribution >= 0.6 is 11.6 Å². The van der Waals surface area contributed by atoms with Crippen molar-refractivity contribution in [3.63, 3.8) is 0 Å². The predicted molar refractivity (Wildman–Crippen MR) is 121 cm³/mol. The molecular formula is C25H23ClFNO3. The quantitative estimate of drug-likeness (QED) is 0.556. The van der Waals surface area contributed by atoms with Gasteiger partial charge < -0.3 is 14.4 Å². The second-order valence-electron chi connectivity index (χ2n) is 8.36. The van der Waals surface area contributed by atoms with Crippen molar-refractivity contribution in [1.82, 2.24) is 4.57 Å². The van der Waals surface area contributed by atoms with Crippen molar-refractivity contribution >= 4 is 17.7 Å². The number of aryl methyl sites for hydroxylation is 2.